The van der Waals surface area contributed by atoms with Gasteiger partial charge in [-0.25, -0.2) is 4.79 Å². The summed E-state index contributed by atoms with van der Waals surface area (Å²) in [5.74, 6) is 0. The molecule has 0 aliphatic carbocycles. The van der Waals surface area contributed by atoms with Crippen molar-refractivity contribution in [2.24, 2.45) is 0 Å². The van der Waals surface area contributed by atoms with Gasteiger partial charge in [-0.2, -0.15) is 5.26 Å². The molecule has 0 radical (unpaired) electrons. The first-order valence-corrected chi connectivity index (χ1v) is 4.07. The molecule has 0 aromatic heterocycles. The number of amides is 1. The number of nitriles is 1. The van der Waals surface area contributed by atoms with Crippen LogP contribution < -0.4 is 4.90 Å². The van der Waals surface area contributed by atoms with Gasteiger partial charge in [0.1, 0.15) is 6.54 Å². The smallest absolute Gasteiger partial charge is 0.414 e. The Morgan fingerprint density at radius 2 is 2.14 bits per heavy atom. The van der Waals surface area contributed by atoms with Gasteiger partial charge >= 0.3 is 6.09 Å². The molecule has 14 heavy (non-hydrogen) atoms. The highest BCUT2D eigenvalue weighted by atomic mass is 16.5. The second-order valence-corrected chi connectivity index (χ2v) is 2.55. The van der Waals surface area contributed by atoms with Gasteiger partial charge in [0.25, 0.3) is 0 Å². The minimum atomic E-state index is -0.530. The first-order valence-electron chi connectivity index (χ1n) is 4.07. The Morgan fingerprint density at radius 3 is 2.64 bits per heavy atom. The van der Waals surface area contributed by atoms with E-state index in [1.165, 1.54) is 12.0 Å². The van der Waals surface area contributed by atoms with Gasteiger partial charge in [0.15, 0.2) is 0 Å². The number of hydrogen-bond donors (Lipinski definition) is 0. The van der Waals surface area contributed by atoms with Crippen LogP contribution in [0.25, 0.3) is 0 Å². The first kappa shape index (κ1) is 10.1. The Bertz CT molecular complexity index is 343. The van der Waals surface area contributed by atoms with E-state index in [0.717, 1.165) is 0 Å². The van der Waals surface area contributed by atoms with Crippen LogP contribution in [0.1, 0.15) is 0 Å². The van der Waals surface area contributed by atoms with E-state index in [1.54, 1.807) is 24.3 Å². The lowest BCUT2D eigenvalue weighted by Crippen LogP contribution is -2.30. The van der Waals surface area contributed by atoms with Crippen LogP contribution in [-0.4, -0.2) is 19.7 Å². The van der Waals surface area contributed by atoms with Crippen LogP contribution in [0.3, 0.4) is 0 Å². The van der Waals surface area contributed by atoms with Crippen molar-refractivity contribution in [3.05, 3.63) is 30.3 Å². The van der Waals surface area contributed by atoms with Gasteiger partial charge in [0.2, 0.25) is 0 Å². The van der Waals surface area contributed by atoms with E-state index in [4.69, 9.17) is 5.26 Å². The standard InChI is InChI=1S/C10H10N2O2/c1-14-10(13)12(8-7-11)9-5-3-2-4-6-9/h2-6H,8H2,1H3. The number of carbonyl (C=O) groups is 1. The third-order valence-electron chi connectivity index (χ3n) is 1.69. The Labute approximate surface area is 82.3 Å². The zero-order valence-electron chi connectivity index (χ0n) is 7.80. The number of nitrogens with zero attached hydrogens (tertiary/aromatic N) is 2. The Kier molecular flexibility index (Phi) is 3.50. The molecule has 0 saturated carbocycles. The predicted molar refractivity (Wildman–Crippen MR) is 51.8 cm³/mol. The molecule has 0 heterocycles. The van der Waals surface area contributed by atoms with Gasteiger partial charge in [-0.15, -0.1) is 0 Å². The summed E-state index contributed by atoms with van der Waals surface area (Å²) in [6, 6.07) is 10.8. The van der Waals surface area contributed by atoms with Crippen molar-refractivity contribution >= 4 is 11.8 Å². The Hall–Kier alpha value is -2.02. The highest BCUT2D eigenvalue weighted by Crippen LogP contribution is 2.13. The molecule has 0 bridgehead atoms. The molecule has 0 aliphatic heterocycles. The van der Waals surface area contributed by atoms with Crippen LogP contribution in [0.5, 0.6) is 0 Å². The monoisotopic (exact) mass is 190 g/mol. The van der Waals surface area contributed by atoms with E-state index in [2.05, 4.69) is 4.74 Å². The zero-order chi connectivity index (χ0) is 10.4. The minimum Gasteiger partial charge on any atom is -0.452 e. The Morgan fingerprint density at radius 1 is 1.50 bits per heavy atom. The summed E-state index contributed by atoms with van der Waals surface area (Å²) in [5.41, 5.74) is 0.654. The summed E-state index contributed by atoms with van der Waals surface area (Å²) in [5, 5.41) is 8.54. The first-order chi connectivity index (χ1) is 6.79. The van der Waals surface area contributed by atoms with Crippen molar-refractivity contribution < 1.29 is 9.53 Å². The molecule has 1 aromatic rings. The molecule has 0 N–H and O–H groups in total. The number of carbonyl (C=O) groups excluding carboxylic acids is 1. The van der Waals surface area contributed by atoms with Crippen LogP contribution >= 0.6 is 0 Å². The molecule has 4 nitrogen and oxygen atoms in total. The SMILES string of the molecule is COC(=O)N(CC#N)c1ccccc1. The molecular formula is C10H10N2O2. The largest absolute Gasteiger partial charge is 0.452 e. The number of methoxy groups -OCH3 is 1. The summed E-state index contributed by atoms with van der Waals surface area (Å²) in [6.07, 6.45) is -0.530. The maximum Gasteiger partial charge on any atom is 0.414 e. The molecule has 1 aromatic carbocycles. The lowest BCUT2D eigenvalue weighted by Gasteiger charge is -2.17. The molecule has 72 valence electrons. The van der Waals surface area contributed by atoms with Crippen molar-refractivity contribution in [3.8, 4) is 6.07 Å². The lowest BCUT2D eigenvalue weighted by molar-refractivity contribution is 0.179. The molecule has 0 spiro atoms. The fraction of sp³-hybridized carbons (Fsp3) is 0.200. The quantitative estimate of drug-likeness (QED) is 0.668. The zero-order valence-corrected chi connectivity index (χ0v) is 7.80. The van der Waals surface area contributed by atoms with Crippen LogP contribution in [0.4, 0.5) is 10.5 Å². The highest BCUT2D eigenvalue weighted by molar-refractivity contribution is 5.87. The van der Waals surface area contributed by atoms with Gasteiger partial charge in [0.05, 0.1) is 13.2 Å². The normalized spacial score (nSPS) is 8.86. The van der Waals surface area contributed by atoms with E-state index in [-0.39, 0.29) is 6.54 Å². The van der Waals surface area contributed by atoms with Gasteiger partial charge < -0.3 is 4.74 Å². The molecule has 1 amide bonds. The van der Waals surface area contributed by atoms with Gasteiger partial charge in [-0.1, -0.05) is 18.2 Å². The number of hydrogen-bond acceptors (Lipinski definition) is 3. The summed E-state index contributed by atoms with van der Waals surface area (Å²) < 4.78 is 4.56. The van der Waals surface area contributed by atoms with E-state index in [9.17, 15) is 4.79 Å². The molecule has 0 aliphatic rings. The summed E-state index contributed by atoms with van der Waals surface area (Å²) in [6.45, 7) is -0.0172. The van der Waals surface area contributed by atoms with E-state index in [0.29, 0.717) is 5.69 Å². The summed E-state index contributed by atoms with van der Waals surface area (Å²) in [7, 11) is 1.29. The number of anilines is 1. The molecule has 1 rings (SSSR count). The van der Waals surface area contributed by atoms with Crippen LogP contribution in [0.2, 0.25) is 0 Å². The average Bonchev–Trinajstić information content (AvgIpc) is 2.26. The second-order valence-electron chi connectivity index (χ2n) is 2.55. The molecule has 0 saturated heterocycles. The third kappa shape index (κ3) is 2.23. The minimum absolute atomic E-state index is 0.0172. The Balaban J connectivity index is 2.90. The number of ether oxygens (including phenoxy) is 1. The van der Waals surface area contributed by atoms with Crippen molar-refractivity contribution in [2.45, 2.75) is 0 Å². The van der Waals surface area contributed by atoms with Gasteiger partial charge in [-0.3, -0.25) is 4.90 Å². The molecule has 0 unspecified atom stereocenters. The maximum absolute atomic E-state index is 11.3. The number of para-hydroxylation sites is 1. The number of rotatable bonds is 2. The molecule has 4 heteroatoms. The summed E-state index contributed by atoms with van der Waals surface area (Å²) in [4.78, 5) is 12.5. The van der Waals surface area contributed by atoms with Crippen LogP contribution in [0.15, 0.2) is 30.3 Å². The summed E-state index contributed by atoms with van der Waals surface area (Å²) >= 11 is 0. The molecular weight excluding hydrogens is 180 g/mol. The second kappa shape index (κ2) is 4.87. The van der Waals surface area contributed by atoms with Crippen molar-refractivity contribution in [1.82, 2.24) is 0 Å². The third-order valence-corrected chi connectivity index (χ3v) is 1.69. The average molecular weight is 190 g/mol. The van der Waals surface area contributed by atoms with Crippen molar-refractivity contribution in [1.29, 1.82) is 5.26 Å². The number of benzene rings is 1. The fourth-order valence-corrected chi connectivity index (χ4v) is 1.05. The van der Waals surface area contributed by atoms with E-state index in [1.807, 2.05) is 12.1 Å². The molecule has 0 atom stereocenters. The predicted octanol–water partition coefficient (Wildman–Crippen LogP) is 1.78. The fourth-order valence-electron chi connectivity index (χ4n) is 1.05. The van der Waals surface area contributed by atoms with Crippen LogP contribution in [0, 0.1) is 11.3 Å². The van der Waals surface area contributed by atoms with E-state index < -0.39 is 6.09 Å². The maximum atomic E-state index is 11.3. The lowest BCUT2D eigenvalue weighted by atomic mass is 10.3. The topological polar surface area (TPSA) is 53.3 Å². The van der Waals surface area contributed by atoms with Crippen molar-refractivity contribution in [3.63, 3.8) is 0 Å². The van der Waals surface area contributed by atoms with E-state index >= 15 is 0 Å². The molecule has 0 fully saturated rings. The van der Waals surface area contributed by atoms with Crippen molar-refractivity contribution in [2.75, 3.05) is 18.6 Å². The highest BCUT2D eigenvalue weighted by Gasteiger charge is 2.14. The van der Waals surface area contributed by atoms with Gasteiger partial charge in [-0.05, 0) is 12.1 Å². The van der Waals surface area contributed by atoms with Crippen LogP contribution in [-0.2, 0) is 4.74 Å². The van der Waals surface area contributed by atoms with Gasteiger partial charge in [0, 0.05) is 5.69 Å².